The summed E-state index contributed by atoms with van der Waals surface area (Å²) in [5.41, 5.74) is 2.91. The minimum atomic E-state index is -0.731. The second-order valence-corrected chi connectivity index (χ2v) is 7.24. The Hall–Kier alpha value is -2.36. The number of anilines is 1. The largest absolute Gasteiger partial charge is 0.382 e. The van der Waals surface area contributed by atoms with Crippen molar-refractivity contribution in [2.75, 3.05) is 5.32 Å². The van der Waals surface area contributed by atoms with Crippen LogP contribution in [0.1, 0.15) is 34.9 Å². The molecule has 1 aromatic carbocycles. The maximum absolute atomic E-state index is 12.5. The van der Waals surface area contributed by atoms with Gasteiger partial charge in [0.15, 0.2) is 0 Å². The first-order valence-electron chi connectivity index (χ1n) is 7.86. The number of benzene rings is 1. The molecule has 0 saturated carbocycles. The van der Waals surface area contributed by atoms with Crippen molar-refractivity contribution in [3.63, 3.8) is 0 Å². The number of nitrogens with one attached hydrogen (secondary N) is 1. The van der Waals surface area contributed by atoms with Crippen LogP contribution in [0.25, 0.3) is 0 Å². The van der Waals surface area contributed by atoms with Gasteiger partial charge < -0.3 is 10.2 Å². The number of nitriles is 1. The lowest BCUT2D eigenvalue weighted by molar-refractivity contribution is -0.125. The molecule has 1 amide bonds. The number of hydrogen-bond acceptors (Lipinski definition) is 5. The summed E-state index contributed by atoms with van der Waals surface area (Å²) in [6, 6.07) is 9.49. The first-order valence-corrected chi connectivity index (χ1v) is 9.05. The molecule has 128 valence electrons. The normalized spacial score (nSPS) is 16.1. The molecule has 0 aliphatic carbocycles. The Labute approximate surface area is 154 Å². The summed E-state index contributed by atoms with van der Waals surface area (Å²) in [6.45, 7) is 3.94. The summed E-state index contributed by atoms with van der Waals surface area (Å²) in [5, 5.41) is 17.3. The summed E-state index contributed by atoms with van der Waals surface area (Å²) in [6.07, 6.45) is 0.355. The summed E-state index contributed by atoms with van der Waals surface area (Å²) < 4.78 is 0. The number of amides is 1. The molecule has 1 N–H and O–H groups in total. The first-order chi connectivity index (χ1) is 12.0. The Morgan fingerprint density at radius 3 is 2.96 bits per heavy atom. The van der Waals surface area contributed by atoms with Gasteiger partial charge in [0.2, 0.25) is 6.10 Å². The molecule has 0 unspecified atom stereocenters. The van der Waals surface area contributed by atoms with Gasteiger partial charge in [0.05, 0.1) is 11.3 Å². The predicted molar refractivity (Wildman–Crippen MR) is 99.3 cm³/mol. The Morgan fingerprint density at radius 2 is 2.28 bits per heavy atom. The number of aryl methyl sites for hydroxylation is 1. The van der Waals surface area contributed by atoms with Crippen molar-refractivity contribution in [3.8, 4) is 6.07 Å². The highest BCUT2D eigenvalue weighted by Crippen LogP contribution is 2.33. The maximum atomic E-state index is 12.5. The van der Waals surface area contributed by atoms with Crippen LogP contribution in [0.15, 0.2) is 29.4 Å². The van der Waals surface area contributed by atoms with Gasteiger partial charge in [0.1, 0.15) is 11.1 Å². The fraction of sp³-hybridized carbons (Fsp3) is 0.278. The van der Waals surface area contributed by atoms with E-state index < -0.39 is 6.10 Å². The lowest BCUT2D eigenvalue weighted by Gasteiger charge is -2.08. The van der Waals surface area contributed by atoms with Crippen LogP contribution in [0.2, 0.25) is 5.02 Å². The smallest absolute Gasteiger partial charge is 0.269 e. The lowest BCUT2D eigenvalue weighted by atomic mass is 10.0. The van der Waals surface area contributed by atoms with Gasteiger partial charge in [-0.2, -0.15) is 5.26 Å². The van der Waals surface area contributed by atoms with Gasteiger partial charge in [-0.15, -0.1) is 11.3 Å². The molecule has 5 nitrogen and oxygen atoms in total. The summed E-state index contributed by atoms with van der Waals surface area (Å²) >= 11 is 7.57. The molecule has 1 aromatic heterocycles. The van der Waals surface area contributed by atoms with E-state index in [0.717, 1.165) is 22.4 Å². The van der Waals surface area contributed by atoms with E-state index in [1.165, 1.54) is 11.3 Å². The van der Waals surface area contributed by atoms with E-state index in [1.54, 1.807) is 6.07 Å². The Morgan fingerprint density at radius 1 is 1.52 bits per heavy atom. The highest BCUT2D eigenvalue weighted by molar-refractivity contribution is 7.16. The van der Waals surface area contributed by atoms with Crippen LogP contribution in [0, 0.1) is 18.3 Å². The molecule has 1 atom stereocenters. The fourth-order valence-corrected chi connectivity index (χ4v) is 4.12. The highest BCUT2D eigenvalue weighted by Gasteiger charge is 2.30. The van der Waals surface area contributed by atoms with Crippen molar-refractivity contribution >= 4 is 39.6 Å². The Balaban J connectivity index is 1.73. The molecule has 7 heteroatoms. The standard InChI is InChI=1S/C18H16ClN3O2S/c1-3-11-10(2)25-18(13(11)9-20)21-17(23)16-8-15(22-24-16)12-6-4-5-7-14(12)19/h4-7,16H,3,8H2,1-2H3,(H,21,23)/t16-/m0/s1. The van der Waals surface area contributed by atoms with Gasteiger partial charge in [0.25, 0.3) is 5.91 Å². The second kappa shape index (κ2) is 7.26. The molecule has 1 aliphatic heterocycles. The molecular formula is C18H16ClN3O2S. The van der Waals surface area contributed by atoms with Crippen LogP contribution in [0.4, 0.5) is 5.00 Å². The number of nitrogens with zero attached hydrogens (tertiary/aromatic N) is 2. The number of carbonyl (C=O) groups is 1. The van der Waals surface area contributed by atoms with E-state index in [0.29, 0.717) is 27.7 Å². The van der Waals surface area contributed by atoms with E-state index >= 15 is 0 Å². The van der Waals surface area contributed by atoms with Crippen LogP contribution in [-0.4, -0.2) is 17.7 Å². The van der Waals surface area contributed by atoms with E-state index in [1.807, 2.05) is 32.0 Å². The summed E-state index contributed by atoms with van der Waals surface area (Å²) in [7, 11) is 0. The zero-order chi connectivity index (χ0) is 18.0. The predicted octanol–water partition coefficient (Wildman–Crippen LogP) is 4.28. The van der Waals surface area contributed by atoms with Crippen molar-refractivity contribution in [2.45, 2.75) is 32.8 Å². The van der Waals surface area contributed by atoms with Crippen LogP contribution in [0.3, 0.4) is 0 Å². The first kappa shape index (κ1) is 17.5. The maximum Gasteiger partial charge on any atom is 0.269 e. The molecule has 0 bridgehead atoms. The van der Waals surface area contributed by atoms with E-state index in [2.05, 4.69) is 16.5 Å². The van der Waals surface area contributed by atoms with E-state index in [4.69, 9.17) is 16.4 Å². The van der Waals surface area contributed by atoms with Gasteiger partial charge in [-0.1, -0.05) is 41.9 Å². The van der Waals surface area contributed by atoms with Gasteiger partial charge in [-0.25, -0.2) is 0 Å². The van der Waals surface area contributed by atoms with Crippen molar-refractivity contribution in [1.29, 1.82) is 5.26 Å². The monoisotopic (exact) mass is 373 g/mol. The molecule has 0 fully saturated rings. The van der Waals surface area contributed by atoms with E-state index in [-0.39, 0.29) is 5.91 Å². The third-order valence-electron chi connectivity index (χ3n) is 4.06. The average molecular weight is 374 g/mol. The van der Waals surface area contributed by atoms with Crippen molar-refractivity contribution in [2.24, 2.45) is 5.16 Å². The van der Waals surface area contributed by atoms with Crippen molar-refractivity contribution in [3.05, 3.63) is 50.9 Å². The Kier molecular flexibility index (Phi) is 5.07. The molecular weight excluding hydrogens is 358 g/mol. The molecule has 2 aromatic rings. The minimum absolute atomic E-state index is 0.314. The molecule has 0 spiro atoms. The average Bonchev–Trinajstić information content (AvgIpc) is 3.19. The minimum Gasteiger partial charge on any atom is -0.382 e. The van der Waals surface area contributed by atoms with Crippen LogP contribution < -0.4 is 5.32 Å². The highest BCUT2D eigenvalue weighted by atomic mass is 35.5. The van der Waals surface area contributed by atoms with Crippen LogP contribution >= 0.6 is 22.9 Å². The van der Waals surface area contributed by atoms with Gasteiger partial charge in [0, 0.05) is 21.9 Å². The van der Waals surface area contributed by atoms with Crippen molar-refractivity contribution in [1.82, 2.24) is 0 Å². The fourth-order valence-electron chi connectivity index (χ4n) is 2.78. The molecule has 1 aliphatic rings. The lowest BCUT2D eigenvalue weighted by Crippen LogP contribution is -2.28. The van der Waals surface area contributed by atoms with Crippen LogP contribution in [0.5, 0.6) is 0 Å². The quantitative estimate of drug-likeness (QED) is 0.869. The van der Waals surface area contributed by atoms with Gasteiger partial charge in [-0.3, -0.25) is 4.79 Å². The summed E-state index contributed by atoms with van der Waals surface area (Å²) in [4.78, 5) is 18.8. The summed E-state index contributed by atoms with van der Waals surface area (Å²) in [5.74, 6) is -0.314. The molecule has 0 radical (unpaired) electrons. The molecule has 2 heterocycles. The third kappa shape index (κ3) is 3.39. The number of thiophene rings is 1. The zero-order valence-electron chi connectivity index (χ0n) is 13.8. The molecule has 25 heavy (non-hydrogen) atoms. The number of halogens is 1. The second-order valence-electron chi connectivity index (χ2n) is 5.61. The molecule has 0 saturated heterocycles. The number of rotatable bonds is 4. The number of oxime groups is 1. The topological polar surface area (TPSA) is 74.5 Å². The van der Waals surface area contributed by atoms with Crippen LogP contribution in [-0.2, 0) is 16.1 Å². The number of hydrogen-bond donors (Lipinski definition) is 1. The SMILES string of the molecule is CCc1c(C)sc(NC(=O)[C@@H]2CC(c3ccccc3Cl)=NO2)c1C#N. The zero-order valence-corrected chi connectivity index (χ0v) is 15.4. The van der Waals surface area contributed by atoms with Gasteiger partial charge >= 0.3 is 0 Å². The molecule has 3 rings (SSSR count). The third-order valence-corrected chi connectivity index (χ3v) is 5.45. The van der Waals surface area contributed by atoms with Gasteiger partial charge in [-0.05, 0) is 25.0 Å². The van der Waals surface area contributed by atoms with E-state index in [9.17, 15) is 10.1 Å². The number of carbonyl (C=O) groups excluding carboxylic acids is 1. The Bertz CT molecular complexity index is 898. The van der Waals surface area contributed by atoms with Crippen molar-refractivity contribution < 1.29 is 9.63 Å².